The number of carboxylic acid groups (broad SMARTS) is 1. The van der Waals surface area contributed by atoms with Crippen molar-refractivity contribution in [2.45, 2.75) is 93.8 Å². The topological polar surface area (TPSA) is 57.5 Å². The van der Waals surface area contributed by atoms with Crippen LogP contribution in [0.25, 0.3) is 0 Å². The van der Waals surface area contributed by atoms with Crippen LogP contribution >= 0.6 is 0 Å². The Labute approximate surface area is 181 Å². The summed E-state index contributed by atoms with van der Waals surface area (Å²) in [5.74, 6) is -52.8. The minimum absolute atomic E-state index is 0.0955. The lowest BCUT2D eigenvalue weighted by Crippen LogP contribution is -2.73. The Kier molecular flexibility index (Phi) is 11.1. The summed E-state index contributed by atoms with van der Waals surface area (Å²) in [6.45, 7) is 4.05. The summed E-state index contributed by atoms with van der Waals surface area (Å²) in [5.41, 5.74) is 0. The van der Waals surface area contributed by atoms with Crippen molar-refractivity contribution in [1.82, 2.24) is 0 Å². The Hall–Kier alpha value is -1.62. The van der Waals surface area contributed by atoms with E-state index in [1.165, 1.54) is 25.7 Å². The van der Waals surface area contributed by atoms with E-state index >= 15 is 0 Å². The predicted molar refractivity (Wildman–Crippen MR) is 83.8 cm³/mol. The summed E-state index contributed by atoms with van der Waals surface area (Å²) in [5, 5.41) is 16.4. The zero-order valence-electron chi connectivity index (χ0n) is 17.1. The van der Waals surface area contributed by atoms with E-state index in [9.17, 15) is 70.7 Å². The third-order valence-electron chi connectivity index (χ3n) is 4.07. The van der Waals surface area contributed by atoms with Gasteiger partial charge in [-0.15, -0.1) is 0 Å². The molecule has 1 atom stereocenters. The number of aliphatic carboxylic acids is 1. The fraction of sp³-hybridized carbons (Fsp3) is 0.938. The number of alkyl halides is 15. The molecule has 0 aromatic rings. The summed E-state index contributed by atoms with van der Waals surface area (Å²) in [6.07, 6.45) is -1.76. The first-order valence-corrected chi connectivity index (χ1v) is 8.96. The van der Waals surface area contributed by atoms with E-state index in [1.54, 1.807) is 0 Å². The van der Waals surface area contributed by atoms with Gasteiger partial charge in [0.2, 0.25) is 0 Å². The third-order valence-corrected chi connectivity index (χ3v) is 4.07. The van der Waals surface area contributed by atoms with Gasteiger partial charge in [-0.05, 0) is 13.3 Å². The van der Waals surface area contributed by atoms with Crippen LogP contribution in [0.3, 0.4) is 0 Å². The smallest absolute Gasteiger partial charge is 0.460 e. The third kappa shape index (κ3) is 6.33. The van der Waals surface area contributed by atoms with Crippen LogP contribution in [-0.2, 0) is 4.79 Å². The number of rotatable bonds is 11. The molecular formula is C16H19F15O3. The van der Waals surface area contributed by atoms with Gasteiger partial charge in [-0.2, -0.15) is 65.9 Å². The lowest BCUT2D eigenvalue weighted by molar-refractivity contribution is -0.450. The first-order valence-electron chi connectivity index (χ1n) is 8.96. The van der Waals surface area contributed by atoms with Gasteiger partial charge in [0.15, 0.2) is 0 Å². The summed E-state index contributed by atoms with van der Waals surface area (Å²) >= 11 is 0. The molecule has 1 unspecified atom stereocenters. The maximum Gasteiger partial charge on any atom is 0.460 e. The van der Waals surface area contributed by atoms with Crippen molar-refractivity contribution in [3.63, 3.8) is 0 Å². The molecule has 0 bridgehead atoms. The molecule has 18 heteroatoms. The van der Waals surface area contributed by atoms with Gasteiger partial charge in [0.1, 0.15) is 0 Å². The molecule has 206 valence electrons. The molecule has 0 fully saturated rings. The van der Waals surface area contributed by atoms with Gasteiger partial charge in [-0.1, -0.05) is 32.6 Å². The highest BCUT2D eigenvalue weighted by atomic mass is 19.4. The Morgan fingerprint density at radius 2 is 1.00 bits per heavy atom. The fourth-order valence-electron chi connectivity index (χ4n) is 1.97. The standard InChI is InChI=1S/C8HF15O2.C8H18O/c9-2(10,1(24)25)3(11,12)4(13,14)5(15,16)6(17,18)7(19,20)8(21,22)23;1-3-4-5-6-7-8(2)9/h(H,24,25);8-9H,3-7H2,1-2H3. The molecule has 0 rings (SSSR count). The second-order valence-electron chi connectivity index (χ2n) is 6.95. The summed E-state index contributed by atoms with van der Waals surface area (Å²) < 4.78 is 187. The molecule has 0 aromatic heterocycles. The number of aliphatic hydroxyl groups excluding tert-OH is 1. The quantitative estimate of drug-likeness (QED) is 0.223. The van der Waals surface area contributed by atoms with Crippen LogP contribution < -0.4 is 0 Å². The van der Waals surface area contributed by atoms with E-state index in [-0.39, 0.29) is 6.10 Å². The van der Waals surface area contributed by atoms with E-state index in [1.807, 2.05) is 6.92 Å². The molecule has 0 heterocycles. The van der Waals surface area contributed by atoms with Crippen LogP contribution in [0.1, 0.15) is 46.0 Å². The zero-order chi connectivity index (χ0) is 28.2. The van der Waals surface area contributed by atoms with Crippen molar-refractivity contribution in [2.24, 2.45) is 0 Å². The van der Waals surface area contributed by atoms with E-state index in [4.69, 9.17) is 10.2 Å². The maximum absolute atomic E-state index is 12.8. The number of carboxylic acids is 1. The molecule has 0 radical (unpaired) electrons. The van der Waals surface area contributed by atoms with Crippen LogP contribution in [0.2, 0.25) is 0 Å². The van der Waals surface area contributed by atoms with Crippen LogP contribution in [0, 0.1) is 0 Å². The molecule has 3 nitrogen and oxygen atoms in total. The molecule has 0 spiro atoms. The first kappa shape index (κ1) is 34.5. The normalized spacial score (nSPS) is 15.5. The van der Waals surface area contributed by atoms with Crippen molar-refractivity contribution in [2.75, 3.05) is 0 Å². The van der Waals surface area contributed by atoms with Crippen molar-refractivity contribution >= 4 is 5.97 Å². The predicted octanol–water partition coefficient (Wildman–Crippen LogP) is 6.78. The molecule has 0 aromatic carbocycles. The number of aliphatic hydroxyl groups is 1. The monoisotopic (exact) mass is 544 g/mol. The SMILES string of the molecule is CCCCCCC(C)O.O=C(O)C(F)(F)C(F)(F)C(F)(F)C(F)(F)C(F)(F)C(F)(F)C(F)(F)F. The van der Waals surface area contributed by atoms with Crippen LogP contribution in [0.15, 0.2) is 0 Å². The van der Waals surface area contributed by atoms with Crippen LogP contribution in [0.5, 0.6) is 0 Å². The van der Waals surface area contributed by atoms with Crippen molar-refractivity contribution in [1.29, 1.82) is 0 Å². The minimum atomic E-state index is -8.47. The second kappa shape index (κ2) is 11.0. The average molecular weight is 544 g/mol. The summed E-state index contributed by atoms with van der Waals surface area (Å²) in [4.78, 5) is 9.72. The zero-order valence-corrected chi connectivity index (χ0v) is 17.1. The number of unbranched alkanes of at least 4 members (excludes halogenated alkanes) is 3. The average Bonchev–Trinajstić information content (AvgIpc) is 2.63. The summed E-state index contributed by atoms with van der Waals surface area (Å²) in [7, 11) is 0. The maximum atomic E-state index is 12.8. The van der Waals surface area contributed by atoms with E-state index in [2.05, 4.69) is 6.92 Å². The number of halogens is 15. The molecule has 0 aliphatic carbocycles. The molecule has 2 N–H and O–H groups in total. The minimum Gasteiger partial charge on any atom is -0.477 e. The van der Waals surface area contributed by atoms with E-state index in [0.717, 1.165) is 6.42 Å². The second-order valence-corrected chi connectivity index (χ2v) is 6.95. The van der Waals surface area contributed by atoms with Gasteiger partial charge in [0.05, 0.1) is 6.10 Å². The Balaban J connectivity index is 0. The van der Waals surface area contributed by atoms with Gasteiger partial charge in [0.25, 0.3) is 0 Å². The molecule has 0 saturated heterocycles. The van der Waals surface area contributed by atoms with Crippen LogP contribution in [-0.4, -0.2) is 64.0 Å². The fourth-order valence-corrected chi connectivity index (χ4v) is 1.97. The number of carbonyl (C=O) groups is 1. The molecule has 0 aliphatic rings. The number of hydrogen-bond donors (Lipinski definition) is 2. The molecule has 0 aliphatic heterocycles. The Morgan fingerprint density at radius 3 is 1.29 bits per heavy atom. The van der Waals surface area contributed by atoms with Gasteiger partial charge in [-0.3, -0.25) is 0 Å². The highest BCUT2D eigenvalue weighted by molar-refractivity contribution is 5.77. The van der Waals surface area contributed by atoms with Gasteiger partial charge < -0.3 is 10.2 Å². The molecule has 34 heavy (non-hydrogen) atoms. The van der Waals surface area contributed by atoms with Crippen molar-refractivity contribution in [3.8, 4) is 0 Å². The lowest BCUT2D eigenvalue weighted by Gasteiger charge is -2.40. The first-order chi connectivity index (χ1) is 14.7. The van der Waals surface area contributed by atoms with Crippen molar-refractivity contribution < 1.29 is 80.9 Å². The van der Waals surface area contributed by atoms with E-state index < -0.39 is 47.7 Å². The lowest BCUT2D eigenvalue weighted by atomic mass is 9.91. The highest BCUT2D eigenvalue weighted by Gasteiger charge is 2.94. The Morgan fingerprint density at radius 1 is 0.647 bits per heavy atom. The van der Waals surface area contributed by atoms with Crippen molar-refractivity contribution in [3.05, 3.63) is 0 Å². The molecule has 0 amide bonds. The largest absolute Gasteiger partial charge is 0.477 e. The molecule has 0 saturated carbocycles. The van der Waals surface area contributed by atoms with Gasteiger partial charge in [0, 0.05) is 0 Å². The number of hydrogen-bond acceptors (Lipinski definition) is 2. The summed E-state index contributed by atoms with van der Waals surface area (Å²) in [6, 6.07) is 0. The van der Waals surface area contributed by atoms with Gasteiger partial charge in [-0.25, -0.2) is 4.79 Å². The van der Waals surface area contributed by atoms with E-state index in [0.29, 0.717) is 0 Å². The van der Waals surface area contributed by atoms with Gasteiger partial charge >= 0.3 is 47.7 Å². The Bertz CT molecular complexity index is 657. The highest BCUT2D eigenvalue weighted by Crippen LogP contribution is 2.62. The van der Waals surface area contributed by atoms with Crippen LogP contribution in [0.4, 0.5) is 65.9 Å². The molecular weight excluding hydrogens is 525 g/mol.